The van der Waals surface area contributed by atoms with Crippen LogP contribution in [0.3, 0.4) is 0 Å². The monoisotopic (exact) mass is 613 g/mol. The van der Waals surface area contributed by atoms with E-state index in [2.05, 4.69) is 19.6 Å². The van der Waals surface area contributed by atoms with E-state index < -0.39 is 15.7 Å². The zero-order chi connectivity index (χ0) is 29.1. The van der Waals surface area contributed by atoms with Gasteiger partial charge in [0, 0.05) is 36.6 Å². The van der Waals surface area contributed by atoms with Crippen LogP contribution in [0.1, 0.15) is 61.3 Å². The highest BCUT2D eigenvalue weighted by molar-refractivity contribution is 7.84. The van der Waals surface area contributed by atoms with Gasteiger partial charge in [0.15, 0.2) is 12.1 Å². The molecule has 6 rings (SSSR count). The Hall–Kier alpha value is -2.85. The molecule has 1 aliphatic heterocycles. The second kappa shape index (κ2) is 10.5. The highest BCUT2D eigenvalue weighted by atomic mass is 35.5. The van der Waals surface area contributed by atoms with Crippen molar-refractivity contribution in [2.24, 2.45) is 5.41 Å². The van der Waals surface area contributed by atoms with E-state index in [1.165, 1.54) is 6.07 Å². The summed E-state index contributed by atoms with van der Waals surface area (Å²) in [4.78, 5) is 23.6. The van der Waals surface area contributed by atoms with Gasteiger partial charge in [0.25, 0.3) is 0 Å². The van der Waals surface area contributed by atoms with Gasteiger partial charge in [-0.15, -0.1) is 0 Å². The van der Waals surface area contributed by atoms with Gasteiger partial charge in [0.2, 0.25) is 0 Å². The smallest absolute Gasteiger partial charge is 0.170 e. The fraction of sp³-hybridized carbons (Fsp3) is 0.367. The summed E-state index contributed by atoms with van der Waals surface area (Å²) in [5.41, 5.74) is 2.75. The van der Waals surface area contributed by atoms with E-state index in [1.54, 1.807) is 30.6 Å². The summed E-state index contributed by atoms with van der Waals surface area (Å²) < 4.78 is 33.1. The molecule has 1 spiro atoms. The SMILES string of the molecule is CC(C)(C)[S@@](=O)NC1c2c(F)cccc2CC12CCN(c1nccn3c(-c4cccc(Cl)c4Cl)nc(C=O)c13)CC2. The van der Waals surface area contributed by atoms with Crippen LogP contribution in [0.2, 0.25) is 10.0 Å². The minimum absolute atomic E-state index is 0.259. The molecule has 41 heavy (non-hydrogen) atoms. The van der Waals surface area contributed by atoms with Crippen molar-refractivity contribution in [2.45, 2.75) is 50.8 Å². The summed E-state index contributed by atoms with van der Waals surface area (Å²) in [6.07, 6.45) is 6.32. The largest absolute Gasteiger partial charge is 0.355 e. The van der Waals surface area contributed by atoms with Crippen molar-refractivity contribution in [3.63, 3.8) is 0 Å². The minimum Gasteiger partial charge on any atom is -0.355 e. The highest BCUT2D eigenvalue weighted by Crippen LogP contribution is 2.53. The molecule has 0 saturated carbocycles. The molecule has 4 aromatic rings. The summed E-state index contributed by atoms with van der Waals surface area (Å²) in [7, 11) is -1.37. The number of carbonyl (C=O) groups is 1. The zero-order valence-corrected chi connectivity index (χ0v) is 25.3. The number of fused-ring (bicyclic) bond motifs is 2. The van der Waals surface area contributed by atoms with Crippen LogP contribution in [0.5, 0.6) is 0 Å². The van der Waals surface area contributed by atoms with E-state index in [0.717, 1.165) is 24.7 Å². The van der Waals surface area contributed by atoms with Crippen LogP contribution in [0.25, 0.3) is 16.9 Å². The molecule has 3 heterocycles. The Morgan fingerprint density at radius 3 is 2.59 bits per heavy atom. The second-order valence-corrected chi connectivity index (χ2v) is 14.6. The van der Waals surface area contributed by atoms with E-state index in [1.807, 2.05) is 37.3 Å². The molecule has 1 unspecified atom stereocenters. The third-order valence-corrected chi connectivity index (χ3v) is 10.7. The maximum Gasteiger partial charge on any atom is 0.170 e. The van der Waals surface area contributed by atoms with Gasteiger partial charge in [-0.1, -0.05) is 41.4 Å². The molecule has 2 aromatic carbocycles. The van der Waals surface area contributed by atoms with Gasteiger partial charge in [-0.3, -0.25) is 9.20 Å². The number of nitrogens with zero attached hydrogens (tertiary/aromatic N) is 4. The standard InChI is InChI=1S/C30H30Cl2FN5O2S/c1-29(2,3)41(40)36-26-23-18(6-4-9-21(23)33)16-30(26)10-13-37(14-11-30)28-25-22(17-39)35-27(38(25)15-12-34-28)19-7-5-8-20(31)24(19)32/h4-9,12,15,17,26,36H,10-11,13-14,16H2,1-3H3/t26?,41-/m1/s1. The molecule has 7 nitrogen and oxygen atoms in total. The fourth-order valence-electron chi connectivity index (χ4n) is 6.17. The van der Waals surface area contributed by atoms with E-state index in [-0.39, 0.29) is 23.0 Å². The molecular weight excluding hydrogens is 584 g/mol. The number of rotatable bonds is 5. The second-order valence-electron chi connectivity index (χ2n) is 11.8. The minimum atomic E-state index is -1.37. The van der Waals surface area contributed by atoms with E-state index in [9.17, 15) is 9.00 Å². The van der Waals surface area contributed by atoms with Gasteiger partial charge < -0.3 is 4.90 Å². The summed E-state index contributed by atoms with van der Waals surface area (Å²) in [6, 6.07) is 10.1. The Morgan fingerprint density at radius 2 is 1.88 bits per heavy atom. The van der Waals surface area contributed by atoms with Crippen LogP contribution in [0, 0.1) is 11.2 Å². The third kappa shape index (κ3) is 4.76. The summed E-state index contributed by atoms with van der Waals surface area (Å²) in [6.45, 7) is 6.99. The summed E-state index contributed by atoms with van der Waals surface area (Å²) in [5, 5.41) is 0.754. The van der Waals surface area contributed by atoms with Crippen molar-refractivity contribution in [3.05, 3.63) is 81.5 Å². The number of hydrogen-bond acceptors (Lipinski definition) is 5. The molecule has 1 aliphatic carbocycles. The lowest BCUT2D eigenvalue weighted by molar-refractivity contribution is 0.112. The first kappa shape index (κ1) is 28.3. The average Bonchev–Trinajstić information content (AvgIpc) is 3.46. The number of imidazole rings is 1. The molecule has 1 saturated heterocycles. The van der Waals surface area contributed by atoms with Crippen LogP contribution in [-0.4, -0.2) is 42.7 Å². The molecule has 2 aromatic heterocycles. The Labute approximate surface area is 250 Å². The van der Waals surface area contributed by atoms with E-state index in [0.29, 0.717) is 57.8 Å². The van der Waals surface area contributed by atoms with Crippen molar-refractivity contribution >= 4 is 51.8 Å². The van der Waals surface area contributed by atoms with Gasteiger partial charge in [-0.2, -0.15) is 0 Å². The molecule has 214 valence electrons. The first-order valence-electron chi connectivity index (χ1n) is 13.5. The van der Waals surface area contributed by atoms with Crippen molar-refractivity contribution in [2.75, 3.05) is 18.0 Å². The van der Waals surface area contributed by atoms with Gasteiger partial charge in [-0.25, -0.2) is 23.3 Å². The van der Waals surface area contributed by atoms with Gasteiger partial charge in [-0.05, 0) is 69.2 Å². The number of nitrogens with one attached hydrogen (secondary N) is 1. The number of anilines is 1. The molecule has 0 radical (unpaired) electrons. The van der Waals surface area contributed by atoms with Crippen molar-refractivity contribution in [3.8, 4) is 11.4 Å². The van der Waals surface area contributed by atoms with Crippen LogP contribution in [0.4, 0.5) is 10.2 Å². The maximum atomic E-state index is 15.2. The molecule has 2 aliphatic rings. The number of halogens is 3. The van der Waals surface area contributed by atoms with Crippen LogP contribution in [-0.2, 0) is 17.4 Å². The van der Waals surface area contributed by atoms with Crippen molar-refractivity contribution in [1.82, 2.24) is 19.1 Å². The Balaban J connectivity index is 1.35. The molecular formula is C30H30Cl2FN5O2S. The Kier molecular flexibility index (Phi) is 7.21. The molecule has 0 amide bonds. The van der Waals surface area contributed by atoms with Crippen LogP contribution in [0.15, 0.2) is 48.8 Å². The third-order valence-electron chi connectivity index (χ3n) is 8.29. The van der Waals surface area contributed by atoms with E-state index in [4.69, 9.17) is 23.2 Å². The average molecular weight is 615 g/mol. The summed E-state index contributed by atoms with van der Waals surface area (Å²) >= 11 is 12.8. The topological polar surface area (TPSA) is 79.6 Å². The lowest BCUT2D eigenvalue weighted by Gasteiger charge is -2.44. The lowest BCUT2D eigenvalue weighted by atomic mass is 9.73. The Morgan fingerprint density at radius 1 is 1.15 bits per heavy atom. The van der Waals surface area contributed by atoms with Gasteiger partial charge in [0.1, 0.15) is 22.9 Å². The summed E-state index contributed by atoms with van der Waals surface area (Å²) in [5.74, 6) is 0.881. The number of benzene rings is 2. The maximum absolute atomic E-state index is 15.2. The zero-order valence-electron chi connectivity index (χ0n) is 23.0. The molecule has 11 heteroatoms. The highest BCUT2D eigenvalue weighted by Gasteiger charge is 2.50. The molecule has 1 fully saturated rings. The number of aldehydes is 1. The van der Waals surface area contributed by atoms with Crippen molar-refractivity contribution < 1.29 is 13.4 Å². The predicted molar refractivity (Wildman–Crippen MR) is 162 cm³/mol. The molecule has 2 atom stereocenters. The number of hydrogen-bond donors (Lipinski definition) is 1. The normalized spacial score (nSPS) is 19.1. The first-order valence-corrected chi connectivity index (χ1v) is 15.4. The number of aromatic nitrogens is 3. The predicted octanol–water partition coefficient (Wildman–Crippen LogP) is 6.59. The van der Waals surface area contributed by atoms with E-state index >= 15 is 4.39 Å². The van der Waals surface area contributed by atoms with Crippen LogP contribution < -0.4 is 9.62 Å². The molecule has 1 N–H and O–H groups in total. The van der Waals surface area contributed by atoms with Gasteiger partial charge in [0.05, 0.1) is 31.8 Å². The number of carbonyl (C=O) groups excluding carboxylic acids is 1. The van der Waals surface area contributed by atoms with Crippen LogP contribution >= 0.6 is 23.2 Å². The van der Waals surface area contributed by atoms with Gasteiger partial charge >= 0.3 is 0 Å². The Bertz CT molecular complexity index is 1690. The molecule has 0 bridgehead atoms. The quantitative estimate of drug-likeness (QED) is 0.257. The fourth-order valence-corrected chi connectivity index (χ4v) is 7.49. The number of piperidine rings is 1. The lowest BCUT2D eigenvalue weighted by Crippen LogP contribution is -2.48. The van der Waals surface area contributed by atoms with Crippen molar-refractivity contribution in [1.29, 1.82) is 0 Å². The first-order chi connectivity index (χ1) is 19.5.